The third-order valence-corrected chi connectivity index (χ3v) is 5.58. The molecule has 166 valence electrons. The summed E-state index contributed by atoms with van der Waals surface area (Å²) >= 11 is 13.1. The number of nitrogens with one attached hydrogen (secondary N) is 1. The Morgan fingerprint density at radius 1 is 1.03 bits per heavy atom. The zero-order chi connectivity index (χ0) is 23.7. The van der Waals surface area contributed by atoms with E-state index in [2.05, 4.69) is 20.3 Å². The van der Waals surface area contributed by atoms with Gasteiger partial charge in [-0.3, -0.25) is 14.6 Å². The van der Waals surface area contributed by atoms with Crippen molar-refractivity contribution in [2.24, 2.45) is 5.73 Å². The van der Waals surface area contributed by atoms with E-state index in [-0.39, 0.29) is 49.6 Å². The number of ether oxygens (including phenoxy) is 1. The molecule has 0 unspecified atom stereocenters. The number of rotatable bonds is 5. The predicted octanol–water partition coefficient (Wildman–Crippen LogP) is 3.94. The van der Waals surface area contributed by atoms with Crippen LogP contribution in [-0.4, -0.2) is 33.9 Å². The molecular weight excluding hydrogens is 467 g/mol. The molecule has 4 rings (SSSR count). The molecule has 9 nitrogen and oxygen atoms in total. The van der Waals surface area contributed by atoms with Gasteiger partial charge in [0.2, 0.25) is 0 Å². The number of para-hydroxylation sites is 1. The molecule has 0 aliphatic carbocycles. The van der Waals surface area contributed by atoms with Gasteiger partial charge in [-0.15, -0.1) is 0 Å². The molecule has 33 heavy (non-hydrogen) atoms. The number of anilines is 2. The molecular formula is C22H16Cl2N6O3. The smallest absolute Gasteiger partial charge is 0.257 e. The summed E-state index contributed by atoms with van der Waals surface area (Å²) in [6.07, 6.45) is 3.07. The number of aromatic nitrogens is 3. The van der Waals surface area contributed by atoms with E-state index in [0.717, 1.165) is 0 Å². The fourth-order valence-corrected chi connectivity index (χ4v) is 3.92. The molecule has 0 saturated heterocycles. The average Bonchev–Trinajstić information content (AvgIpc) is 2.79. The van der Waals surface area contributed by atoms with Gasteiger partial charge in [-0.25, -0.2) is 9.97 Å². The first-order valence-electron chi connectivity index (χ1n) is 9.45. The lowest BCUT2D eigenvalue weighted by atomic mass is 10.1. The van der Waals surface area contributed by atoms with Crippen molar-refractivity contribution in [3.63, 3.8) is 0 Å². The van der Waals surface area contributed by atoms with Crippen LogP contribution in [0.4, 0.5) is 11.5 Å². The van der Waals surface area contributed by atoms with Crippen LogP contribution in [0.3, 0.4) is 0 Å². The summed E-state index contributed by atoms with van der Waals surface area (Å²) in [7, 11) is 1.39. The van der Waals surface area contributed by atoms with Crippen molar-refractivity contribution in [2.45, 2.75) is 0 Å². The van der Waals surface area contributed by atoms with Crippen molar-refractivity contribution in [3.8, 4) is 17.1 Å². The molecule has 2 amide bonds. The van der Waals surface area contributed by atoms with Gasteiger partial charge in [-0.1, -0.05) is 29.3 Å². The molecule has 0 atom stereocenters. The zero-order valence-corrected chi connectivity index (χ0v) is 18.6. The quantitative estimate of drug-likeness (QED) is 0.390. The lowest BCUT2D eigenvalue weighted by Crippen LogP contribution is -2.14. The average molecular weight is 483 g/mol. The zero-order valence-electron chi connectivity index (χ0n) is 17.1. The van der Waals surface area contributed by atoms with E-state index in [1.807, 2.05) is 0 Å². The highest BCUT2D eigenvalue weighted by molar-refractivity contribution is 6.42. The molecule has 4 aromatic rings. The van der Waals surface area contributed by atoms with E-state index in [9.17, 15) is 9.59 Å². The van der Waals surface area contributed by atoms with Crippen LogP contribution in [0, 0.1) is 0 Å². The molecule has 0 aliphatic heterocycles. The molecule has 2 heterocycles. The first kappa shape index (κ1) is 22.3. The Morgan fingerprint density at radius 2 is 1.76 bits per heavy atom. The lowest BCUT2D eigenvalue weighted by molar-refractivity contribution is 0.0999. The minimum absolute atomic E-state index is 0.000520. The number of methoxy groups -OCH3 is 1. The number of halogens is 2. The third-order valence-electron chi connectivity index (χ3n) is 4.82. The topological polar surface area (TPSA) is 146 Å². The van der Waals surface area contributed by atoms with Gasteiger partial charge < -0.3 is 21.5 Å². The minimum atomic E-state index is -0.690. The Labute approximate surface area is 197 Å². The van der Waals surface area contributed by atoms with Crippen molar-refractivity contribution in [2.75, 3.05) is 18.2 Å². The number of primary amides is 1. The van der Waals surface area contributed by atoms with Crippen LogP contribution in [0.5, 0.6) is 5.75 Å². The van der Waals surface area contributed by atoms with E-state index in [4.69, 9.17) is 39.4 Å². The van der Waals surface area contributed by atoms with E-state index < -0.39 is 11.8 Å². The van der Waals surface area contributed by atoms with Crippen LogP contribution in [0.25, 0.3) is 22.3 Å². The Morgan fingerprint density at radius 3 is 2.42 bits per heavy atom. The standard InChI is InChI=1S/C22H16Cl2N6O3/c1-33-14-9-13(22(32)28-10-5-7-27-8-6-10)16(23)15(17(14)24)21-29-18-11(19(25)30-21)3-2-4-12(18)20(26)31/h2-9H,1H3,(H2,26,31)(H2,25,29,30)(H,27,28,32). The molecule has 0 fully saturated rings. The summed E-state index contributed by atoms with van der Waals surface area (Å²) in [4.78, 5) is 37.6. The molecule has 2 aromatic heterocycles. The maximum absolute atomic E-state index is 13.0. The monoisotopic (exact) mass is 482 g/mol. The number of nitrogens with two attached hydrogens (primary N) is 2. The van der Waals surface area contributed by atoms with Crippen LogP contribution in [0.2, 0.25) is 10.0 Å². The number of pyridine rings is 1. The van der Waals surface area contributed by atoms with Crippen molar-refractivity contribution >= 4 is 57.4 Å². The van der Waals surface area contributed by atoms with E-state index in [0.29, 0.717) is 11.1 Å². The van der Waals surface area contributed by atoms with Gasteiger partial charge in [-0.2, -0.15) is 0 Å². The van der Waals surface area contributed by atoms with Gasteiger partial charge in [0.15, 0.2) is 5.82 Å². The van der Waals surface area contributed by atoms with Crippen molar-refractivity contribution in [1.29, 1.82) is 0 Å². The number of amides is 2. The third kappa shape index (κ3) is 4.11. The number of nitrogens with zero attached hydrogens (tertiary/aromatic N) is 3. The van der Waals surface area contributed by atoms with Gasteiger partial charge in [-0.05, 0) is 30.3 Å². The van der Waals surface area contributed by atoms with Gasteiger partial charge in [0.25, 0.3) is 11.8 Å². The Bertz CT molecular complexity index is 1410. The summed E-state index contributed by atoms with van der Waals surface area (Å²) in [5.41, 5.74) is 12.7. The van der Waals surface area contributed by atoms with Gasteiger partial charge in [0.1, 0.15) is 11.6 Å². The Kier molecular flexibility index (Phi) is 5.99. The second-order valence-corrected chi connectivity index (χ2v) is 7.57. The van der Waals surface area contributed by atoms with Crippen molar-refractivity contribution in [3.05, 3.63) is 70.0 Å². The van der Waals surface area contributed by atoms with Gasteiger partial charge in [0, 0.05) is 23.5 Å². The molecule has 0 aliphatic rings. The van der Waals surface area contributed by atoms with Crippen molar-refractivity contribution < 1.29 is 14.3 Å². The normalized spacial score (nSPS) is 10.8. The Hall–Kier alpha value is -3.95. The summed E-state index contributed by atoms with van der Waals surface area (Å²) in [5, 5.41) is 3.20. The highest BCUT2D eigenvalue weighted by Crippen LogP contribution is 2.42. The fraction of sp³-hybridized carbons (Fsp3) is 0.0455. The predicted molar refractivity (Wildman–Crippen MR) is 127 cm³/mol. The molecule has 11 heteroatoms. The maximum Gasteiger partial charge on any atom is 0.257 e. The van der Waals surface area contributed by atoms with E-state index in [1.54, 1.807) is 24.3 Å². The molecule has 0 radical (unpaired) electrons. The number of hydrogen-bond donors (Lipinski definition) is 3. The number of fused-ring (bicyclic) bond motifs is 1. The van der Waals surface area contributed by atoms with Gasteiger partial charge >= 0.3 is 0 Å². The number of carbonyl (C=O) groups is 2. The summed E-state index contributed by atoms with van der Waals surface area (Å²) in [5.74, 6) is -0.961. The molecule has 0 spiro atoms. The van der Waals surface area contributed by atoms with Crippen molar-refractivity contribution in [1.82, 2.24) is 15.0 Å². The van der Waals surface area contributed by atoms with Crippen LogP contribution in [0.15, 0.2) is 48.8 Å². The van der Waals surface area contributed by atoms with Crippen LogP contribution in [0.1, 0.15) is 20.7 Å². The first-order valence-corrected chi connectivity index (χ1v) is 10.2. The summed E-state index contributed by atoms with van der Waals surface area (Å²) in [6.45, 7) is 0. The summed E-state index contributed by atoms with van der Waals surface area (Å²) in [6, 6.07) is 9.45. The molecule has 0 bridgehead atoms. The second kappa shape index (κ2) is 8.89. The van der Waals surface area contributed by atoms with Crippen LogP contribution >= 0.6 is 23.2 Å². The van der Waals surface area contributed by atoms with E-state index >= 15 is 0 Å². The Balaban J connectivity index is 1.93. The largest absolute Gasteiger partial charge is 0.495 e. The number of hydrogen-bond acceptors (Lipinski definition) is 7. The molecule has 2 aromatic carbocycles. The van der Waals surface area contributed by atoms with Gasteiger partial charge in [0.05, 0.1) is 39.4 Å². The van der Waals surface area contributed by atoms with Crippen LogP contribution in [-0.2, 0) is 0 Å². The highest BCUT2D eigenvalue weighted by Gasteiger charge is 2.25. The highest BCUT2D eigenvalue weighted by atomic mass is 35.5. The first-order chi connectivity index (χ1) is 15.8. The number of nitrogen functional groups attached to an aromatic ring is 1. The molecule has 5 N–H and O–H groups in total. The lowest BCUT2D eigenvalue weighted by Gasteiger charge is -2.15. The molecule has 0 saturated carbocycles. The number of carbonyl (C=O) groups excluding carboxylic acids is 2. The van der Waals surface area contributed by atoms with Crippen LogP contribution < -0.4 is 21.5 Å². The summed E-state index contributed by atoms with van der Waals surface area (Å²) < 4.78 is 5.34. The minimum Gasteiger partial charge on any atom is -0.495 e. The second-order valence-electron chi connectivity index (χ2n) is 6.82. The maximum atomic E-state index is 13.0. The fourth-order valence-electron chi connectivity index (χ4n) is 3.24. The number of benzene rings is 2. The van der Waals surface area contributed by atoms with E-state index in [1.165, 1.54) is 31.6 Å². The SMILES string of the molecule is COc1cc(C(=O)Nc2ccncc2)c(Cl)c(-c2nc(N)c3cccc(C(N)=O)c3n2)c1Cl.